The summed E-state index contributed by atoms with van der Waals surface area (Å²) in [7, 11) is 0. The van der Waals surface area contributed by atoms with Gasteiger partial charge in [-0.3, -0.25) is 4.79 Å². The zero-order chi connectivity index (χ0) is 20.4. The minimum atomic E-state index is -1.96. The number of aliphatic hydroxyl groups is 2. The Hall–Kier alpha value is -3.22. The molecule has 3 N–H and O–H groups in total. The molecule has 2 saturated heterocycles. The summed E-state index contributed by atoms with van der Waals surface area (Å²) in [5.74, 6) is 0.469. The highest BCUT2D eigenvalue weighted by Gasteiger charge is 2.46. The Morgan fingerprint density at radius 1 is 1.21 bits per heavy atom. The summed E-state index contributed by atoms with van der Waals surface area (Å²) >= 11 is 0. The monoisotopic (exact) mass is 394 g/mol. The Labute approximate surface area is 168 Å². The maximum atomic E-state index is 12.3. The molecule has 2 aliphatic heterocycles. The first-order valence-electron chi connectivity index (χ1n) is 9.56. The van der Waals surface area contributed by atoms with Crippen molar-refractivity contribution >= 4 is 28.9 Å². The standard InChI is InChI=1S/C20H22N6O3/c21-13-20(29)6-9-26(19(20)28)14-5-7-22-18(10-14)24-17-4-3-15(11-23-17)25-8-1-2-16(27)12-25/h3-5,7,10-11,16,27,29H,1-2,6,8-9,12H2,(H,22,23,24)/t16-,20-/m0/s1. The Bertz CT molecular complexity index is 944. The van der Waals surface area contributed by atoms with E-state index in [1.165, 1.54) is 4.90 Å². The summed E-state index contributed by atoms with van der Waals surface area (Å²) in [4.78, 5) is 24.5. The number of amides is 1. The van der Waals surface area contributed by atoms with Gasteiger partial charge in [-0.15, -0.1) is 0 Å². The van der Waals surface area contributed by atoms with Crippen LogP contribution in [0, 0.1) is 11.3 Å². The van der Waals surface area contributed by atoms with Crippen molar-refractivity contribution in [3.05, 3.63) is 36.7 Å². The van der Waals surface area contributed by atoms with Gasteiger partial charge in [0.1, 0.15) is 17.7 Å². The van der Waals surface area contributed by atoms with Gasteiger partial charge in [0.05, 0.1) is 18.0 Å². The zero-order valence-electron chi connectivity index (χ0n) is 15.8. The molecule has 0 aromatic carbocycles. The van der Waals surface area contributed by atoms with E-state index in [9.17, 15) is 15.0 Å². The van der Waals surface area contributed by atoms with Gasteiger partial charge in [0.25, 0.3) is 5.91 Å². The molecule has 0 spiro atoms. The van der Waals surface area contributed by atoms with Crippen LogP contribution >= 0.6 is 0 Å². The Morgan fingerprint density at radius 2 is 2.07 bits per heavy atom. The van der Waals surface area contributed by atoms with Crippen LogP contribution in [0.3, 0.4) is 0 Å². The number of aromatic nitrogens is 2. The minimum Gasteiger partial charge on any atom is -0.391 e. The van der Waals surface area contributed by atoms with E-state index in [-0.39, 0.29) is 19.1 Å². The second kappa shape index (κ2) is 7.66. The lowest BCUT2D eigenvalue weighted by atomic mass is 10.1. The van der Waals surface area contributed by atoms with Gasteiger partial charge in [0.2, 0.25) is 5.60 Å². The van der Waals surface area contributed by atoms with E-state index in [1.54, 1.807) is 30.6 Å². The lowest BCUT2D eigenvalue weighted by Crippen LogP contribution is -2.38. The summed E-state index contributed by atoms with van der Waals surface area (Å²) in [5, 5.41) is 32.0. The van der Waals surface area contributed by atoms with Crippen LogP contribution in [0.25, 0.3) is 0 Å². The molecule has 2 aromatic heterocycles. The normalized spacial score (nSPS) is 24.4. The second-order valence-corrected chi connectivity index (χ2v) is 7.35. The number of hydrogen-bond donors (Lipinski definition) is 3. The number of β-amino-alcohol motifs (C(OH)–C–C–N with tert-alkyl or cyclic N) is 1. The molecule has 9 heteroatoms. The number of rotatable bonds is 4. The van der Waals surface area contributed by atoms with Crippen LogP contribution in [0.1, 0.15) is 19.3 Å². The number of aliphatic hydroxyl groups excluding tert-OH is 1. The summed E-state index contributed by atoms with van der Waals surface area (Å²) in [5.41, 5.74) is -0.455. The SMILES string of the molecule is N#C[C@@]1(O)CCN(c2ccnc(Nc3ccc(N4CCC[C@H](O)C4)cn3)c2)C1=O. The summed E-state index contributed by atoms with van der Waals surface area (Å²) in [6, 6.07) is 8.79. The fourth-order valence-corrected chi connectivity index (χ4v) is 3.68. The highest BCUT2D eigenvalue weighted by molar-refractivity contribution is 6.03. The van der Waals surface area contributed by atoms with Crippen LogP contribution in [0.4, 0.5) is 23.0 Å². The average Bonchev–Trinajstić information content (AvgIpc) is 3.04. The molecule has 4 heterocycles. The number of piperidine rings is 1. The van der Waals surface area contributed by atoms with Crippen LogP contribution in [-0.2, 0) is 4.79 Å². The maximum absolute atomic E-state index is 12.3. The number of hydrogen-bond acceptors (Lipinski definition) is 8. The third-order valence-electron chi connectivity index (χ3n) is 5.30. The predicted molar refractivity (Wildman–Crippen MR) is 107 cm³/mol. The molecule has 2 atom stereocenters. The lowest BCUT2D eigenvalue weighted by molar-refractivity contribution is -0.128. The first-order chi connectivity index (χ1) is 14.0. The summed E-state index contributed by atoms with van der Waals surface area (Å²) < 4.78 is 0. The second-order valence-electron chi connectivity index (χ2n) is 7.35. The zero-order valence-corrected chi connectivity index (χ0v) is 15.8. The van der Waals surface area contributed by atoms with Crippen molar-refractivity contribution in [1.82, 2.24) is 9.97 Å². The van der Waals surface area contributed by atoms with Gasteiger partial charge in [0.15, 0.2) is 0 Å². The van der Waals surface area contributed by atoms with Crippen molar-refractivity contribution in [2.45, 2.75) is 31.0 Å². The number of nitrogens with zero attached hydrogens (tertiary/aromatic N) is 5. The molecule has 0 radical (unpaired) electrons. The van der Waals surface area contributed by atoms with Crippen LogP contribution < -0.4 is 15.1 Å². The first-order valence-corrected chi connectivity index (χ1v) is 9.56. The fraction of sp³-hybridized carbons (Fsp3) is 0.400. The molecular weight excluding hydrogens is 372 g/mol. The van der Waals surface area contributed by atoms with Crippen molar-refractivity contribution in [1.29, 1.82) is 5.26 Å². The molecule has 29 heavy (non-hydrogen) atoms. The Morgan fingerprint density at radius 3 is 2.76 bits per heavy atom. The summed E-state index contributed by atoms with van der Waals surface area (Å²) in [6.45, 7) is 1.77. The van der Waals surface area contributed by atoms with E-state index in [2.05, 4.69) is 20.2 Å². The van der Waals surface area contributed by atoms with Gasteiger partial charge < -0.3 is 25.3 Å². The van der Waals surface area contributed by atoms with Crippen LogP contribution in [0.15, 0.2) is 36.7 Å². The molecule has 150 valence electrons. The van der Waals surface area contributed by atoms with Crippen LogP contribution in [-0.4, -0.2) is 57.4 Å². The molecule has 9 nitrogen and oxygen atoms in total. The van der Waals surface area contributed by atoms with Crippen molar-refractivity contribution in [2.24, 2.45) is 0 Å². The molecule has 0 bridgehead atoms. The largest absolute Gasteiger partial charge is 0.391 e. The Kier molecular flexibility index (Phi) is 5.05. The van der Waals surface area contributed by atoms with Crippen molar-refractivity contribution in [3.8, 4) is 6.07 Å². The minimum absolute atomic E-state index is 0.0711. The van der Waals surface area contributed by atoms with Crippen molar-refractivity contribution < 1.29 is 15.0 Å². The number of pyridine rings is 2. The number of nitrogens with one attached hydrogen (secondary N) is 1. The van der Waals surface area contributed by atoms with Crippen molar-refractivity contribution in [2.75, 3.05) is 34.8 Å². The third kappa shape index (κ3) is 3.85. The number of carbonyl (C=O) groups excluding carboxylic acids is 1. The van der Waals surface area contributed by atoms with E-state index in [1.807, 2.05) is 12.1 Å². The maximum Gasteiger partial charge on any atom is 0.273 e. The quantitative estimate of drug-likeness (QED) is 0.660. The molecule has 0 aliphatic carbocycles. The van der Waals surface area contributed by atoms with Crippen LogP contribution in [0.2, 0.25) is 0 Å². The Balaban J connectivity index is 1.46. The molecule has 2 aromatic rings. The van der Waals surface area contributed by atoms with Crippen molar-refractivity contribution in [3.63, 3.8) is 0 Å². The molecule has 0 unspecified atom stereocenters. The first kappa shape index (κ1) is 19.1. The number of anilines is 4. The molecular formula is C20H22N6O3. The van der Waals surface area contributed by atoms with Gasteiger partial charge in [-0.2, -0.15) is 5.26 Å². The third-order valence-corrected chi connectivity index (χ3v) is 5.30. The van der Waals surface area contributed by atoms with E-state index >= 15 is 0 Å². The highest BCUT2D eigenvalue weighted by atomic mass is 16.3. The van der Waals surface area contributed by atoms with Gasteiger partial charge in [-0.1, -0.05) is 0 Å². The molecule has 1 amide bonds. The van der Waals surface area contributed by atoms with E-state index in [0.29, 0.717) is 23.9 Å². The predicted octanol–water partition coefficient (Wildman–Crippen LogP) is 1.17. The van der Waals surface area contributed by atoms with Crippen LogP contribution in [0.5, 0.6) is 0 Å². The molecule has 2 fully saturated rings. The highest BCUT2D eigenvalue weighted by Crippen LogP contribution is 2.29. The van der Waals surface area contributed by atoms with Gasteiger partial charge >= 0.3 is 0 Å². The molecule has 2 aliphatic rings. The fourth-order valence-electron chi connectivity index (χ4n) is 3.68. The smallest absolute Gasteiger partial charge is 0.273 e. The van der Waals surface area contributed by atoms with E-state index in [0.717, 1.165) is 25.1 Å². The molecule has 0 saturated carbocycles. The lowest BCUT2D eigenvalue weighted by Gasteiger charge is -2.31. The average molecular weight is 394 g/mol. The number of carbonyl (C=O) groups is 1. The van der Waals surface area contributed by atoms with Gasteiger partial charge in [0, 0.05) is 44.0 Å². The van der Waals surface area contributed by atoms with E-state index < -0.39 is 11.5 Å². The summed E-state index contributed by atoms with van der Waals surface area (Å²) in [6.07, 6.45) is 4.85. The topological polar surface area (TPSA) is 126 Å². The number of nitriles is 1. The van der Waals surface area contributed by atoms with Gasteiger partial charge in [-0.25, -0.2) is 9.97 Å². The van der Waals surface area contributed by atoms with E-state index in [4.69, 9.17) is 5.26 Å². The van der Waals surface area contributed by atoms with Gasteiger partial charge in [-0.05, 0) is 31.0 Å². The molecule has 4 rings (SSSR count).